The Kier molecular flexibility index (Phi) is 3.90. The molecule has 0 spiro atoms. The van der Waals surface area contributed by atoms with Crippen molar-refractivity contribution in [2.45, 2.75) is 31.0 Å². The van der Waals surface area contributed by atoms with Gasteiger partial charge in [-0.25, -0.2) is 8.42 Å². The second-order valence-electron chi connectivity index (χ2n) is 4.65. The van der Waals surface area contributed by atoms with Crippen LogP contribution >= 0.6 is 0 Å². The highest BCUT2D eigenvalue weighted by Crippen LogP contribution is 2.25. The minimum absolute atomic E-state index is 0.0643. The lowest BCUT2D eigenvalue weighted by atomic mass is 10.2. The lowest BCUT2D eigenvalue weighted by Gasteiger charge is -2.18. The third kappa shape index (κ3) is 3.13. The molecule has 1 aromatic carbocycles. The fourth-order valence-corrected chi connectivity index (χ4v) is 3.16. The van der Waals surface area contributed by atoms with Crippen LogP contribution in [-0.4, -0.2) is 38.0 Å². The van der Waals surface area contributed by atoms with E-state index in [1.807, 2.05) is 19.9 Å². The molecule has 19 heavy (non-hydrogen) atoms. The molecular weight excluding hydrogens is 264 g/mol. The third-order valence-corrected chi connectivity index (χ3v) is 4.95. The normalized spacial score (nSPS) is 22.2. The Balaban J connectivity index is 2.23. The zero-order chi connectivity index (χ0) is 14.0. The first kappa shape index (κ1) is 14.0. The number of nitrogens with zero attached hydrogens (tertiary/aromatic N) is 2. The summed E-state index contributed by atoms with van der Waals surface area (Å²) in [5.74, 6) is 0. The van der Waals surface area contributed by atoms with Gasteiger partial charge in [0.2, 0.25) is 10.0 Å². The first-order valence-corrected chi connectivity index (χ1v) is 7.48. The molecule has 1 fully saturated rings. The van der Waals surface area contributed by atoms with E-state index in [4.69, 9.17) is 10.00 Å². The minimum atomic E-state index is -3.63. The van der Waals surface area contributed by atoms with E-state index in [0.717, 1.165) is 5.56 Å². The van der Waals surface area contributed by atoms with Gasteiger partial charge in [0.05, 0.1) is 23.2 Å². The Bertz CT molecular complexity index is 589. The Morgan fingerprint density at radius 3 is 2.42 bits per heavy atom. The highest BCUT2D eigenvalue weighted by Gasteiger charge is 2.39. The van der Waals surface area contributed by atoms with Crippen LogP contribution in [0.1, 0.15) is 12.5 Å². The molecule has 1 heterocycles. The van der Waals surface area contributed by atoms with Crippen LogP contribution in [0.25, 0.3) is 0 Å². The Labute approximate surface area is 113 Å². The molecule has 1 aromatic rings. The zero-order valence-electron chi connectivity index (χ0n) is 10.9. The number of benzene rings is 1. The summed E-state index contributed by atoms with van der Waals surface area (Å²) in [7, 11) is -3.63. The third-order valence-electron chi connectivity index (χ3n) is 3.13. The molecule has 0 amide bonds. The number of epoxide rings is 1. The van der Waals surface area contributed by atoms with Gasteiger partial charge in [0.15, 0.2) is 0 Å². The van der Waals surface area contributed by atoms with Crippen molar-refractivity contribution >= 4 is 10.0 Å². The van der Waals surface area contributed by atoms with Crippen molar-refractivity contribution in [1.82, 2.24) is 4.31 Å². The van der Waals surface area contributed by atoms with Crippen molar-refractivity contribution in [3.63, 3.8) is 0 Å². The van der Waals surface area contributed by atoms with E-state index in [1.165, 1.54) is 4.31 Å². The van der Waals surface area contributed by atoms with Crippen LogP contribution in [0.5, 0.6) is 0 Å². The maximum absolute atomic E-state index is 12.4. The molecule has 0 aromatic heterocycles. The van der Waals surface area contributed by atoms with E-state index < -0.39 is 10.0 Å². The van der Waals surface area contributed by atoms with Crippen molar-refractivity contribution in [2.75, 3.05) is 13.1 Å². The van der Waals surface area contributed by atoms with Crippen LogP contribution in [0.2, 0.25) is 0 Å². The minimum Gasteiger partial charge on any atom is -0.368 e. The van der Waals surface area contributed by atoms with Gasteiger partial charge in [0.1, 0.15) is 6.54 Å². The molecule has 0 N–H and O–H groups in total. The molecule has 5 nitrogen and oxygen atoms in total. The predicted octanol–water partition coefficient (Wildman–Crippen LogP) is 1.30. The van der Waals surface area contributed by atoms with Gasteiger partial charge in [-0.2, -0.15) is 9.57 Å². The lowest BCUT2D eigenvalue weighted by molar-refractivity contribution is 0.337. The molecule has 0 radical (unpaired) electrons. The van der Waals surface area contributed by atoms with Crippen LogP contribution in [0.3, 0.4) is 0 Å². The van der Waals surface area contributed by atoms with Gasteiger partial charge < -0.3 is 4.74 Å². The number of hydrogen-bond donors (Lipinski definition) is 0. The molecule has 1 aliphatic rings. The monoisotopic (exact) mass is 280 g/mol. The number of rotatable bonds is 5. The average Bonchev–Trinajstić information content (AvgIpc) is 3.05. The highest BCUT2D eigenvalue weighted by atomic mass is 32.2. The number of sulfonamides is 1. The molecule has 2 atom stereocenters. The molecule has 1 aliphatic heterocycles. The van der Waals surface area contributed by atoms with Crippen LogP contribution in [0.4, 0.5) is 0 Å². The molecular formula is C13H16N2O3S. The summed E-state index contributed by atoms with van der Waals surface area (Å²) in [4.78, 5) is 0.210. The molecule has 2 unspecified atom stereocenters. The second kappa shape index (κ2) is 5.29. The summed E-state index contributed by atoms with van der Waals surface area (Å²) in [6.45, 7) is 3.84. The van der Waals surface area contributed by atoms with E-state index in [2.05, 4.69) is 0 Å². The van der Waals surface area contributed by atoms with E-state index in [1.54, 1.807) is 24.3 Å². The van der Waals surface area contributed by atoms with Gasteiger partial charge in [0.25, 0.3) is 0 Å². The molecule has 2 rings (SSSR count). The average molecular weight is 280 g/mol. The van der Waals surface area contributed by atoms with Gasteiger partial charge in [-0.05, 0) is 26.0 Å². The van der Waals surface area contributed by atoms with Gasteiger partial charge in [0, 0.05) is 6.54 Å². The van der Waals surface area contributed by atoms with Crippen LogP contribution < -0.4 is 0 Å². The number of aryl methyl sites for hydroxylation is 1. The smallest absolute Gasteiger partial charge is 0.244 e. The van der Waals surface area contributed by atoms with Gasteiger partial charge in [-0.15, -0.1) is 0 Å². The Morgan fingerprint density at radius 2 is 1.95 bits per heavy atom. The Morgan fingerprint density at radius 1 is 1.37 bits per heavy atom. The standard InChI is InChI=1S/C13H16N2O3S/c1-10-3-5-12(6-4-10)19(16,17)15(8-7-14)9-13-11(2)18-13/h3-6,11,13H,8-9H2,1-2H3. The highest BCUT2D eigenvalue weighted by molar-refractivity contribution is 7.89. The fraction of sp³-hybridized carbons (Fsp3) is 0.462. The van der Waals surface area contributed by atoms with Crippen LogP contribution in [-0.2, 0) is 14.8 Å². The van der Waals surface area contributed by atoms with Crippen LogP contribution in [0, 0.1) is 18.3 Å². The largest absolute Gasteiger partial charge is 0.368 e. The zero-order valence-corrected chi connectivity index (χ0v) is 11.7. The predicted molar refractivity (Wildman–Crippen MR) is 69.9 cm³/mol. The van der Waals surface area contributed by atoms with Crippen molar-refractivity contribution in [1.29, 1.82) is 5.26 Å². The number of nitriles is 1. The summed E-state index contributed by atoms with van der Waals surface area (Å²) < 4.78 is 31.2. The summed E-state index contributed by atoms with van der Waals surface area (Å²) in [6.07, 6.45) is -0.0389. The summed E-state index contributed by atoms with van der Waals surface area (Å²) >= 11 is 0. The maximum Gasteiger partial charge on any atom is 0.244 e. The van der Waals surface area contributed by atoms with E-state index in [0.29, 0.717) is 0 Å². The van der Waals surface area contributed by atoms with Gasteiger partial charge in [-0.1, -0.05) is 17.7 Å². The Hall–Kier alpha value is -1.42. The first-order valence-electron chi connectivity index (χ1n) is 6.04. The van der Waals surface area contributed by atoms with Gasteiger partial charge >= 0.3 is 0 Å². The lowest BCUT2D eigenvalue weighted by Crippen LogP contribution is -2.35. The summed E-state index contributed by atoms with van der Waals surface area (Å²) in [5, 5.41) is 8.79. The van der Waals surface area contributed by atoms with Gasteiger partial charge in [-0.3, -0.25) is 0 Å². The summed E-state index contributed by atoms with van der Waals surface area (Å²) in [5.41, 5.74) is 0.991. The van der Waals surface area contributed by atoms with E-state index >= 15 is 0 Å². The van der Waals surface area contributed by atoms with Crippen LogP contribution in [0.15, 0.2) is 29.2 Å². The SMILES string of the molecule is Cc1ccc(S(=O)(=O)N(CC#N)CC2OC2C)cc1. The topological polar surface area (TPSA) is 73.7 Å². The van der Waals surface area contributed by atoms with E-state index in [9.17, 15) is 8.42 Å². The summed E-state index contributed by atoms with van der Waals surface area (Å²) in [6, 6.07) is 8.51. The quantitative estimate of drug-likeness (QED) is 0.602. The fourth-order valence-electron chi connectivity index (χ4n) is 1.81. The molecule has 102 valence electrons. The van der Waals surface area contributed by atoms with Crippen molar-refractivity contribution < 1.29 is 13.2 Å². The maximum atomic E-state index is 12.4. The molecule has 0 saturated carbocycles. The van der Waals surface area contributed by atoms with E-state index in [-0.39, 0.29) is 30.2 Å². The van der Waals surface area contributed by atoms with Crippen molar-refractivity contribution in [3.8, 4) is 6.07 Å². The second-order valence-corrected chi connectivity index (χ2v) is 6.59. The molecule has 6 heteroatoms. The first-order chi connectivity index (χ1) is 8.95. The number of hydrogen-bond acceptors (Lipinski definition) is 4. The molecule has 0 bridgehead atoms. The molecule has 0 aliphatic carbocycles. The molecule has 1 saturated heterocycles. The van der Waals surface area contributed by atoms with Crippen molar-refractivity contribution in [2.24, 2.45) is 0 Å². The number of ether oxygens (including phenoxy) is 1. The van der Waals surface area contributed by atoms with Crippen molar-refractivity contribution in [3.05, 3.63) is 29.8 Å².